The Kier molecular flexibility index (Phi) is 6.44. The standard InChI is InChI=1S/C23H20ClFN2O5S/c1-15-19(24)3-2-4-20(15)26-23(28)14-27(17-7-5-16(25)6-8-17)33(29,30)18-9-10-21-22(13-18)32-12-11-31-21/h2-10,13H,11-12,14H2,1H3,(H,26,28). The molecule has 4 rings (SSSR count). The van der Waals surface area contributed by atoms with Crippen LogP contribution in [0.3, 0.4) is 0 Å². The van der Waals surface area contributed by atoms with Crippen molar-refractivity contribution in [3.8, 4) is 11.5 Å². The molecule has 3 aromatic carbocycles. The van der Waals surface area contributed by atoms with Gasteiger partial charge in [-0.15, -0.1) is 0 Å². The second kappa shape index (κ2) is 9.29. The molecule has 0 radical (unpaired) electrons. The maximum Gasteiger partial charge on any atom is 0.264 e. The number of hydrogen-bond donors (Lipinski definition) is 1. The monoisotopic (exact) mass is 490 g/mol. The molecule has 10 heteroatoms. The first-order chi connectivity index (χ1) is 15.8. The number of anilines is 2. The molecule has 0 bridgehead atoms. The van der Waals surface area contributed by atoms with Crippen LogP contribution in [0.15, 0.2) is 65.6 Å². The van der Waals surface area contributed by atoms with Gasteiger partial charge >= 0.3 is 0 Å². The Morgan fingerprint density at radius 1 is 1.06 bits per heavy atom. The first-order valence-corrected chi connectivity index (χ1v) is 11.8. The Hall–Kier alpha value is -3.30. The van der Waals surface area contributed by atoms with Gasteiger partial charge in [-0.2, -0.15) is 0 Å². The molecule has 0 aliphatic carbocycles. The number of nitrogens with one attached hydrogen (secondary N) is 1. The molecular weight excluding hydrogens is 471 g/mol. The van der Waals surface area contributed by atoms with Crippen LogP contribution in [0.25, 0.3) is 0 Å². The van der Waals surface area contributed by atoms with Crippen molar-refractivity contribution in [2.45, 2.75) is 11.8 Å². The van der Waals surface area contributed by atoms with E-state index in [2.05, 4.69) is 5.32 Å². The number of ether oxygens (including phenoxy) is 2. The van der Waals surface area contributed by atoms with Gasteiger partial charge in [0.15, 0.2) is 11.5 Å². The lowest BCUT2D eigenvalue weighted by molar-refractivity contribution is -0.114. The van der Waals surface area contributed by atoms with Crippen LogP contribution < -0.4 is 19.1 Å². The number of fused-ring (bicyclic) bond motifs is 1. The molecule has 0 unspecified atom stereocenters. The third-order valence-electron chi connectivity index (χ3n) is 5.05. The molecule has 0 aromatic heterocycles. The Balaban J connectivity index is 1.68. The maximum absolute atomic E-state index is 13.5. The van der Waals surface area contributed by atoms with Crippen molar-refractivity contribution in [3.63, 3.8) is 0 Å². The first-order valence-electron chi connectivity index (χ1n) is 9.98. The number of halogens is 2. The lowest BCUT2D eigenvalue weighted by atomic mass is 10.2. The van der Waals surface area contributed by atoms with E-state index >= 15 is 0 Å². The van der Waals surface area contributed by atoms with Crippen molar-refractivity contribution < 1.29 is 27.1 Å². The highest BCUT2D eigenvalue weighted by Gasteiger charge is 2.29. The lowest BCUT2D eigenvalue weighted by Crippen LogP contribution is -2.38. The van der Waals surface area contributed by atoms with Gasteiger partial charge in [0.05, 0.1) is 10.6 Å². The van der Waals surface area contributed by atoms with E-state index in [1.165, 1.54) is 30.3 Å². The second-order valence-corrected chi connectivity index (χ2v) is 9.52. The van der Waals surface area contributed by atoms with E-state index in [4.69, 9.17) is 21.1 Å². The minimum Gasteiger partial charge on any atom is -0.486 e. The van der Waals surface area contributed by atoms with E-state index < -0.39 is 28.3 Å². The average Bonchev–Trinajstić information content (AvgIpc) is 2.81. The van der Waals surface area contributed by atoms with Gasteiger partial charge in [-0.3, -0.25) is 9.10 Å². The van der Waals surface area contributed by atoms with E-state index in [1.54, 1.807) is 25.1 Å². The van der Waals surface area contributed by atoms with Gasteiger partial charge in [-0.1, -0.05) is 17.7 Å². The van der Waals surface area contributed by atoms with E-state index in [0.29, 0.717) is 41.0 Å². The summed E-state index contributed by atoms with van der Waals surface area (Å²) in [7, 11) is -4.22. The van der Waals surface area contributed by atoms with Crippen molar-refractivity contribution >= 4 is 38.9 Å². The predicted octanol–water partition coefficient (Wildman–Crippen LogP) is 4.39. The van der Waals surface area contributed by atoms with E-state index in [-0.39, 0.29) is 10.6 Å². The molecule has 33 heavy (non-hydrogen) atoms. The van der Waals surface area contributed by atoms with Gasteiger partial charge in [0.1, 0.15) is 25.6 Å². The predicted molar refractivity (Wildman–Crippen MR) is 123 cm³/mol. The first kappa shape index (κ1) is 22.9. The number of carbonyl (C=O) groups is 1. The normalized spacial score (nSPS) is 12.8. The minimum atomic E-state index is -4.22. The number of hydrogen-bond acceptors (Lipinski definition) is 5. The summed E-state index contributed by atoms with van der Waals surface area (Å²) < 4.78 is 52.5. The summed E-state index contributed by atoms with van der Waals surface area (Å²) in [6, 6.07) is 14.1. The van der Waals surface area contributed by atoms with E-state index in [0.717, 1.165) is 16.4 Å². The molecule has 0 spiro atoms. The summed E-state index contributed by atoms with van der Waals surface area (Å²) >= 11 is 6.11. The van der Waals surface area contributed by atoms with Crippen LogP contribution in [0.4, 0.5) is 15.8 Å². The van der Waals surface area contributed by atoms with Gasteiger partial charge in [0, 0.05) is 16.8 Å². The Bertz CT molecular complexity index is 1300. The van der Waals surface area contributed by atoms with E-state index in [9.17, 15) is 17.6 Å². The molecule has 0 saturated carbocycles. The molecule has 1 heterocycles. The highest BCUT2D eigenvalue weighted by Crippen LogP contribution is 2.34. The van der Waals surface area contributed by atoms with Crippen LogP contribution in [0.5, 0.6) is 11.5 Å². The molecule has 1 amide bonds. The number of sulfonamides is 1. The molecule has 1 aliphatic heterocycles. The van der Waals surface area contributed by atoms with Gasteiger partial charge in [0.2, 0.25) is 5.91 Å². The van der Waals surface area contributed by atoms with Crippen molar-refractivity contribution in [2.24, 2.45) is 0 Å². The largest absolute Gasteiger partial charge is 0.486 e. The van der Waals surface area contributed by atoms with Crippen LogP contribution in [0.2, 0.25) is 5.02 Å². The van der Waals surface area contributed by atoms with Crippen LogP contribution in [0, 0.1) is 12.7 Å². The van der Waals surface area contributed by atoms with Crippen LogP contribution in [0.1, 0.15) is 5.56 Å². The third-order valence-corrected chi connectivity index (χ3v) is 7.22. The fourth-order valence-corrected chi connectivity index (χ4v) is 4.91. The molecule has 7 nitrogen and oxygen atoms in total. The number of amides is 1. The minimum absolute atomic E-state index is 0.0946. The topological polar surface area (TPSA) is 84.9 Å². The maximum atomic E-state index is 13.5. The van der Waals surface area contributed by atoms with Crippen molar-refractivity contribution in [1.29, 1.82) is 0 Å². The van der Waals surface area contributed by atoms with Crippen molar-refractivity contribution in [1.82, 2.24) is 0 Å². The third kappa shape index (κ3) is 4.89. The summed E-state index contributed by atoms with van der Waals surface area (Å²) in [5, 5.41) is 3.15. The summed E-state index contributed by atoms with van der Waals surface area (Å²) in [4.78, 5) is 12.8. The molecule has 172 valence electrons. The average molecular weight is 491 g/mol. The Labute approximate surface area is 195 Å². The van der Waals surface area contributed by atoms with Gasteiger partial charge in [-0.05, 0) is 61.0 Å². The molecule has 0 atom stereocenters. The summed E-state index contributed by atoms with van der Waals surface area (Å²) in [6.07, 6.45) is 0. The van der Waals surface area contributed by atoms with Gasteiger partial charge < -0.3 is 14.8 Å². The van der Waals surface area contributed by atoms with E-state index in [1.807, 2.05) is 0 Å². The van der Waals surface area contributed by atoms with Crippen LogP contribution >= 0.6 is 11.6 Å². The smallest absolute Gasteiger partial charge is 0.264 e. The number of nitrogens with zero attached hydrogens (tertiary/aromatic N) is 1. The molecule has 3 aromatic rings. The Morgan fingerprint density at radius 2 is 1.76 bits per heavy atom. The second-order valence-electron chi connectivity index (χ2n) is 7.25. The van der Waals surface area contributed by atoms with Gasteiger partial charge in [0.25, 0.3) is 10.0 Å². The van der Waals surface area contributed by atoms with Crippen LogP contribution in [-0.4, -0.2) is 34.1 Å². The Morgan fingerprint density at radius 3 is 2.48 bits per heavy atom. The quantitative estimate of drug-likeness (QED) is 0.554. The fraction of sp³-hybridized carbons (Fsp3) is 0.174. The van der Waals surface area contributed by atoms with Crippen LogP contribution in [-0.2, 0) is 14.8 Å². The summed E-state index contributed by atoms with van der Waals surface area (Å²) in [5.41, 5.74) is 1.24. The van der Waals surface area contributed by atoms with Gasteiger partial charge in [-0.25, -0.2) is 12.8 Å². The molecule has 1 aliphatic rings. The number of carbonyl (C=O) groups excluding carboxylic acids is 1. The zero-order valence-corrected chi connectivity index (χ0v) is 19.1. The highest BCUT2D eigenvalue weighted by atomic mass is 35.5. The molecule has 0 fully saturated rings. The lowest BCUT2D eigenvalue weighted by Gasteiger charge is -2.25. The summed E-state index contributed by atoms with van der Waals surface area (Å²) in [6.45, 7) is 1.85. The number of rotatable bonds is 6. The summed E-state index contributed by atoms with van der Waals surface area (Å²) in [5.74, 6) is -0.400. The zero-order valence-electron chi connectivity index (χ0n) is 17.5. The number of benzene rings is 3. The molecule has 0 saturated heterocycles. The fourth-order valence-electron chi connectivity index (χ4n) is 3.30. The van der Waals surface area contributed by atoms with Crippen molar-refractivity contribution in [2.75, 3.05) is 29.4 Å². The SMILES string of the molecule is Cc1c(Cl)cccc1NC(=O)CN(c1ccc(F)cc1)S(=O)(=O)c1ccc2c(c1)OCCO2. The zero-order chi connectivity index (χ0) is 23.6. The van der Waals surface area contributed by atoms with Crippen molar-refractivity contribution in [3.05, 3.63) is 77.1 Å². The highest BCUT2D eigenvalue weighted by molar-refractivity contribution is 7.92. The molecular formula is C23H20ClFN2O5S. The molecule has 1 N–H and O–H groups in total.